The Kier molecular flexibility index (Phi) is 5.14. The summed E-state index contributed by atoms with van der Waals surface area (Å²) in [5.74, 6) is -1.80. The minimum atomic E-state index is -0.866. The van der Waals surface area contributed by atoms with Crippen molar-refractivity contribution in [2.75, 3.05) is 20.2 Å². The van der Waals surface area contributed by atoms with Crippen LogP contribution in [-0.4, -0.2) is 42.1 Å². The van der Waals surface area contributed by atoms with Crippen molar-refractivity contribution >= 4 is 11.9 Å². The summed E-state index contributed by atoms with van der Waals surface area (Å²) in [5.41, 5.74) is 2.34. The van der Waals surface area contributed by atoms with Gasteiger partial charge in [0.25, 0.3) is 5.91 Å². The first-order chi connectivity index (χ1) is 12.1. The Morgan fingerprint density at radius 2 is 1.76 bits per heavy atom. The van der Waals surface area contributed by atoms with Gasteiger partial charge < -0.3 is 14.7 Å². The molecule has 0 spiro atoms. The highest BCUT2D eigenvalue weighted by Crippen LogP contribution is 2.34. The van der Waals surface area contributed by atoms with Crippen molar-refractivity contribution in [2.45, 2.75) is 12.5 Å². The van der Waals surface area contributed by atoms with Gasteiger partial charge in [0.05, 0.1) is 12.5 Å². The molecule has 5 heteroatoms. The molecule has 5 nitrogen and oxygen atoms in total. The maximum Gasteiger partial charge on any atom is 0.308 e. The molecule has 0 aliphatic carbocycles. The summed E-state index contributed by atoms with van der Waals surface area (Å²) in [6, 6.07) is 16.8. The molecule has 2 aromatic rings. The third-order valence-electron chi connectivity index (χ3n) is 4.70. The largest absolute Gasteiger partial charge is 0.481 e. The highest BCUT2D eigenvalue weighted by atomic mass is 16.5. The lowest BCUT2D eigenvalue weighted by atomic mass is 9.89. The van der Waals surface area contributed by atoms with E-state index in [-0.39, 0.29) is 18.4 Å². The normalized spacial score (nSPS) is 19.8. The van der Waals surface area contributed by atoms with Gasteiger partial charge >= 0.3 is 5.97 Å². The number of likely N-dealkylation sites (tertiary alicyclic amines) is 1. The average Bonchev–Trinajstić information content (AvgIpc) is 3.08. The molecular weight excluding hydrogens is 318 g/mol. The van der Waals surface area contributed by atoms with Gasteiger partial charge in [-0.1, -0.05) is 48.5 Å². The molecule has 1 saturated heterocycles. The van der Waals surface area contributed by atoms with E-state index < -0.39 is 11.9 Å². The SMILES string of the molecule is COCc1ccccc1C(=O)N1CC(C(=O)O)C(c2ccccc2)C1. The molecule has 1 N–H and O–H groups in total. The summed E-state index contributed by atoms with van der Waals surface area (Å²) >= 11 is 0. The third-order valence-corrected chi connectivity index (χ3v) is 4.70. The topological polar surface area (TPSA) is 66.8 Å². The number of nitrogens with zero attached hydrogens (tertiary/aromatic N) is 1. The number of carbonyl (C=O) groups is 2. The lowest BCUT2D eigenvalue weighted by Crippen LogP contribution is -2.30. The van der Waals surface area contributed by atoms with Crippen LogP contribution < -0.4 is 0 Å². The maximum atomic E-state index is 13.0. The number of hydrogen-bond donors (Lipinski definition) is 1. The zero-order valence-corrected chi connectivity index (χ0v) is 14.1. The summed E-state index contributed by atoms with van der Waals surface area (Å²) in [6.07, 6.45) is 0. The fraction of sp³-hybridized carbons (Fsp3) is 0.300. The van der Waals surface area contributed by atoms with Gasteiger partial charge in [0.2, 0.25) is 0 Å². The van der Waals surface area contributed by atoms with E-state index in [2.05, 4.69) is 0 Å². The van der Waals surface area contributed by atoms with Gasteiger partial charge in [0, 0.05) is 31.7 Å². The highest BCUT2D eigenvalue weighted by molar-refractivity contribution is 5.96. The van der Waals surface area contributed by atoms with Crippen LogP contribution in [0.4, 0.5) is 0 Å². The Balaban J connectivity index is 1.87. The van der Waals surface area contributed by atoms with Crippen LogP contribution in [0.5, 0.6) is 0 Å². The minimum Gasteiger partial charge on any atom is -0.481 e. The number of carbonyl (C=O) groups excluding carboxylic acids is 1. The molecule has 2 atom stereocenters. The van der Waals surface area contributed by atoms with E-state index in [0.717, 1.165) is 11.1 Å². The van der Waals surface area contributed by atoms with E-state index in [1.54, 1.807) is 18.1 Å². The van der Waals surface area contributed by atoms with Crippen LogP contribution in [0.1, 0.15) is 27.4 Å². The zero-order chi connectivity index (χ0) is 17.8. The Morgan fingerprint density at radius 1 is 1.08 bits per heavy atom. The molecule has 25 heavy (non-hydrogen) atoms. The summed E-state index contributed by atoms with van der Waals surface area (Å²) in [5, 5.41) is 9.60. The Bertz CT molecular complexity index is 759. The molecule has 2 unspecified atom stereocenters. The van der Waals surface area contributed by atoms with E-state index in [0.29, 0.717) is 18.7 Å². The molecule has 3 rings (SSSR count). The lowest BCUT2D eigenvalue weighted by Gasteiger charge is -2.18. The zero-order valence-electron chi connectivity index (χ0n) is 14.1. The third kappa shape index (κ3) is 3.56. The van der Waals surface area contributed by atoms with Crippen molar-refractivity contribution in [3.63, 3.8) is 0 Å². The molecule has 1 fully saturated rings. The van der Waals surface area contributed by atoms with Crippen molar-refractivity contribution in [1.29, 1.82) is 0 Å². The van der Waals surface area contributed by atoms with Gasteiger partial charge in [-0.2, -0.15) is 0 Å². The standard InChI is InChI=1S/C20H21NO4/c1-25-13-15-9-5-6-10-16(15)19(22)21-11-17(18(12-21)20(23)24)14-7-3-2-4-8-14/h2-10,17-18H,11-13H2,1H3,(H,23,24). The number of ether oxygens (including phenoxy) is 1. The molecule has 0 saturated carbocycles. The van der Waals surface area contributed by atoms with Crippen LogP contribution in [0, 0.1) is 5.92 Å². The lowest BCUT2D eigenvalue weighted by molar-refractivity contribution is -0.141. The van der Waals surface area contributed by atoms with E-state index in [9.17, 15) is 14.7 Å². The molecule has 1 amide bonds. The van der Waals surface area contributed by atoms with E-state index in [4.69, 9.17) is 4.74 Å². The molecule has 0 radical (unpaired) electrons. The fourth-order valence-corrected chi connectivity index (χ4v) is 3.44. The Labute approximate surface area is 146 Å². The monoisotopic (exact) mass is 339 g/mol. The second-order valence-corrected chi connectivity index (χ2v) is 6.26. The number of amides is 1. The predicted octanol–water partition coefficient (Wildman–Crippen LogP) is 2.77. The molecule has 0 bridgehead atoms. The van der Waals surface area contributed by atoms with Crippen LogP contribution in [0.3, 0.4) is 0 Å². The molecule has 130 valence electrons. The number of aliphatic carboxylic acids is 1. The maximum absolute atomic E-state index is 13.0. The first-order valence-electron chi connectivity index (χ1n) is 8.25. The van der Waals surface area contributed by atoms with E-state index in [1.165, 1.54) is 0 Å². The smallest absolute Gasteiger partial charge is 0.308 e. The Hall–Kier alpha value is -2.66. The molecule has 0 aromatic heterocycles. The van der Waals surface area contributed by atoms with Crippen LogP contribution in [0.15, 0.2) is 54.6 Å². The van der Waals surface area contributed by atoms with Crippen LogP contribution >= 0.6 is 0 Å². The summed E-state index contributed by atoms with van der Waals surface area (Å²) in [7, 11) is 1.59. The van der Waals surface area contributed by atoms with E-state index >= 15 is 0 Å². The molecule has 1 aliphatic heterocycles. The van der Waals surface area contributed by atoms with Crippen LogP contribution in [-0.2, 0) is 16.1 Å². The average molecular weight is 339 g/mol. The van der Waals surface area contributed by atoms with Crippen molar-refractivity contribution < 1.29 is 19.4 Å². The number of hydrogen-bond acceptors (Lipinski definition) is 3. The van der Waals surface area contributed by atoms with Crippen LogP contribution in [0.25, 0.3) is 0 Å². The number of carboxylic acids is 1. The number of methoxy groups -OCH3 is 1. The second kappa shape index (κ2) is 7.49. The quantitative estimate of drug-likeness (QED) is 0.910. The van der Waals surface area contributed by atoms with Gasteiger partial charge in [0.15, 0.2) is 0 Å². The van der Waals surface area contributed by atoms with Crippen molar-refractivity contribution in [2.24, 2.45) is 5.92 Å². The van der Waals surface area contributed by atoms with Crippen molar-refractivity contribution in [3.8, 4) is 0 Å². The fourth-order valence-electron chi connectivity index (χ4n) is 3.44. The van der Waals surface area contributed by atoms with Crippen molar-refractivity contribution in [3.05, 3.63) is 71.3 Å². The second-order valence-electron chi connectivity index (χ2n) is 6.26. The molecule has 1 heterocycles. The predicted molar refractivity (Wildman–Crippen MR) is 93.4 cm³/mol. The van der Waals surface area contributed by atoms with Gasteiger partial charge in [-0.3, -0.25) is 9.59 Å². The Morgan fingerprint density at radius 3 is 2.44 bits per heavy atom. The van der Waals surface area contributed by atoms with Crippen LogP contribution in [0.2, 0.25) is 0 Å². The van der Waals surface area contributed by atoms with Gasteiger partial charge in [-0.25, -0.2) is 0 Å². The summed E-state index contributed by atoms with van der Waals surface area (Å²) in [6.45, 7) is 0.969. The van der Waals surface area contributed by atoms with Gasteiger partial charge in [-0.15, -0.1) is 0 Å². The number of carboxylic acid groups (broad SMARTS) is 1. The summed E-state index contributed by atoms with van der Waals surface area (Å²) in [4.78, 5) is 26.3. The van der Waals surface area contributed by atoms with E-state index in [1.807, 2.05) is 48.5 Å². The van der Waals surface area contributed by atoms with Crippen molar-refractivity contribution in [1.82, 2.24) is 4.90 Å². The number of rotatable bonds is 5. The van der Waals surface area contributed by atoms with Gasteiger partial charge in [0.1, 0.15) is 0 Å². The molecule has 1 aliphatic rings. The van der Waals surface area contributed by atoms with Gasteiger partial charge in [-0.05, 0) is 17.2 Å². The molecular formula is C20H21NO4. The highest BCUT2D eigenvalue weighted by Gasteiger charge is 2.40. The minimum absolute atomic E-state index is 0.141. The molecule has 2 aromatic carbocycles. The number of benzene rings is 2. The first-order valence-corrected chi connectivity index (χ1v) is 8.25. The summed E-state index contributed by atoms with van der Waals surface area (Å²) < 4.78 is 5.17. The first kappa shape index (κ1) is 17.2.